The van der Waals surface area contributed by atoms with Gasteiger partial charge in [0.05, 0.1) is 6.54 Å². The van der Waals surface area contributed by atoms with Gasteiger partial charge in [-0.1, -0.05) is 30.7 Å². The zero-order chi connectivity index (χ0) is 18.6. The Bertz CT molecular complexity index is 677. The van der Waals surface area contributed by atoms with Gasteiger partial charge in [-0.25, -0.2) is 4.99 Å². The van der Waals surface area contributed by atoms with E-state index in [1.807, 2.05) is 24.3 Å². The summed E-state index contributed by atoms with van der Waals surface area (Å²) in [5.41, 5.74) is 1.11. The molecular formula is C18H28ClIN6O. The molecule has 0 saturated carbocycles. The minimum Gasteiger partial charge on any atom is -0.385 e. The molecule has 0 spiro atoms. The number of guanidine groups is 1. The highest BCUT2D eigenvalue weighted by Gasteiger charge is 2.03. The van der Waals surface area contributed by atoms with Gasteiger partial charge in [-0.2, -0.15) is 0 Å². The van der Waals surface area contributed by atoms with E-state index in [4.69, 9.17) is 16.3 Å². The van der Waals surface area contributed by atoms with E-state index < -0.39 is 0 Å². The highest BCUT2D eigenvalue weighted by Crippen LogP contribution is 2.10. The van der Waals surface area contributed by atoms with Crippen molar-refractivity contribution in [3.63, 3.8) is 0 Å². The predicted octanol–water partition coefficient (Wildman–Crippen LogP) is 2.88. The zero-order valence-electron chi connectivity index (χ0n) is 15.8. The maximum Gasteiger partial charge on any atom is 0.191 e. The summed E-state index contributed by atoms with van der Waals surface area (Å²) in [4.78, 5) is 4.65. The molecule has 1 aromatic heterocycles. The standard InChI is InChI=1S/C18H27ClN6O.HI/c1-3-17-24-23-14-25(17)11-10-21-18(20-9-4-12-26-2)22-13-15-5-7-16(19)8-6-15;/h5-8,14H,3-4,9-13H2,1-2H3,(H2,20,21,22);1H. The number of nitrogens with one attached hydrogen (secondary N) is 2. The van der Waals surface area contributed by atoms with Crippen molar-refractivity contribution in [1.82, 2.24) is 25.4 Å². The van der Waals surface area contributed by atoms with E-state index in [9.17, 15) is 0 Å². The van der Waals surface area contributed by atoms with Gasteiger partial charge in [0.25, 0.3) is 0 Å². The molecule has 0 radical (unpaired) electrons. The van der Waals surface area contributed by atoms with E-state index >= 15 is 0 Å². The third-order valence-corrected chi connectivity index (χ3v) is 4.06. The van der Waals surface area contributed by atoms with Crippen LogP contribution >= 0.6 is 35.6 Å². The van der Waals surface area contributed by atoms with Gasteiger partial charge in [0.2, 0.25) is 0 Å². The second-order valence-electron chi connectivity index (χ2n) is 5.79. The second kappa shape index (κ2) is 13.7. The number of methoxy groups -OCH3 is 1. The molecule has 0 fully saturated rings. The van der Waals surface area contributed by atoms with Crippen molar-refractivity contribution < 1.29 is 4.74 Å². The van der Waals surface area contributed by atoms with Crippen LogP contribution in [0.4, 0.5) is 0 Å². The minimum absolute atomic E-state index is 0. The monoisotopic (exact) mass is 506 g/mol. The number of halogens is 2. The number of ether oxygens (including phenoxy) is 1. The normalized spacial score (nSPS) is 11.1. The third-order valence-electron chi connectivity index (χ3n) is 3.81. The topological polar surface area (TPSA) is 76.4 Å². The molecule has 2 N–H and O–H groups in total. The van der Waals surface area contributed by atoms with Gasteiger partial charge in [0.15, 0.2) is 5.96 Å². The number of hydrogen-bond acceptors (Lipinski definition) is 4. The summed E-state index contributed by atoms with van der Waals surface area (Å²) >= 11 is 5.93. The van der Waals surface area contributed by atoms with E-state index in [0.717, 1.165) is 61.5 Å². The molecule has 0 bridgehead atoms. The first kappa shape index (κ1) is 23.6. The maximum absolute atomic E-state index is 5.93. The summed E-state index contributed by atoms with van der Waals surface area (Å²) in [6, 6.07) is 7.73. The highest BCUT2D eigenvalue weighted by atomic mass is 127. The molecule has 2 rings (SSSR count). The van der Waals surface area contributed by atoms with Gasteiger partial charge < -0.3 is 19.9 Å². The number of aryl methyl sites for hydroxylation is 1. The Morgan fingerprint density at radius 2 is 1.96 bits per heavy atom. The third kappa shape index (κ3) is 8.89. The number of aliphatic imine (C=N–C) groups is 1. The Morgan fingerprint density at radius 1 is 1.22 bits per heavy atom. The fourth-order valence-electron chi connectivity index (χ4n) is 2.39. The summed E-state index contributed by atoms with van der Waals surface area (Å²) in [6.07, 6.45) is 3.55. The maximum atomic E-state index is 5.93. The van der Waals surface area contributed by atoms with Crippen LogP contribution < -0.4 is 10.6 Å². The van der Waals surface area contributed by atoms with Crippen LogP contribution in [0.5, 0.6) is 0 Å². The summed E-state index contributed by atoms with van der Waals surface area (Å²) < 4.78 is 7.14. The lowest BCUT2D eigenvalue weighted by molar-refractivity contribution is 0.195. The molecule has 0 aliphatic carbocycles. The fourth-order valence-corrected chi connectivity index (χ4v) is 2.52. The van der Waals surface area contributed by atoms with Gasteiger partial charge in [-0.3, -0.25) is 0 Å². The number of rotatable bonds is 10. The fraction of sp³-hybridized carbons (Fsp3) is 0.500. The van der Waals surface area contributed by atoms with Crippen LogP contribution in [0.25, 0.3) is 0 Å². The Balaban J connectivity index is 0.00000364. The van der Waals surface area contributed by atoms with Gasteiger partial charge >= 0.3 is 0 Å². The molecule has 0 aliphatic rings. The average Bonchev–Trinajstić information content (AvgIpc) is 3.11. The molecule has 0 amide bonds. The minimum atomic E-state index is 0. The SMILES string of the molecule is CCc1nncn1CCNC(=NCc1ccc(Cl)cc1)NCCCOC.I. The van der Waals surface area contributed by atoms with E-state index in [0.29, 0.717) is 6.54 Å². The van der Waals surface area contributed by atoms with Crippen LogP contribution in [-0.2, 0) is 24.2 Å². The van der Waals surface area contributed by atoms with Crippen molar-refractivity contribution in [3.05, 3.63) is 47.0 Å². The van der Waals surface area contributed by atoms with E-state index in [1.165, 1.54) is 0 Å². The summed E-state index contributed by atoms with van der Waals surface area (Å²) in [7, 11) is 1.71. The Morgan fingerprint density at radius 3 is 2.67 bits per heavy atom. The molecule has 0 saturated heterocycles. The molecule has 1 heterocycles. The smallest absolute Gasteiger partial charge is 0.191 e. The number of nitrogens with zero attached hydrogens (tertiary/aromatic N) is 4. The first-order chi connectivity index (χ1) is 12.7. The second-order valence-corrected chi connectivity index (χ2v) is 6.22. The molecule has 0 unspecified atom stereocenters. The summed E-state index contributed by atoms with van der Waals surface area (Å²) in [5.74, 6) is 1.77. The van der Waals surface area contributed by atoms with E-state index in [2.05, 4.69) is 37.3 Å². The first-order valence-corrected chi connectivity index (χ1v) is 9.23. The quantitative estimate of drug-likeness (QED) is 0.224. The first-order valence-electron chi connectivity index (χ1n) is 8.85. The lowest BCUT2D eigenvalue weighted by atomic mass is 10.2. The molecule has 7 nitrogen and oxygen atoms in total. The van der Waals surface area contributed by atoms with Gasteiger partial charge in [-0.15, -0.1) is 34.2 Å². The van der Waals surface area contributed by atoms with Crippen molar-refractivity contribution in [2.75, 3.05) is 26.8 Å². The van der Waals surface area contributed by atoms with Crippen molar-refractivity contribution in [1.29, 1.82) is 0 Å². The Labute approximate surface area is 183 Å². The molecule has 27 heavy (non-hydrogen) atoms. The molecule has 0 aliphatic heterocycles. The van der Waals surface area contributed by atoms with E-state index in [-0.39, 0.29) is 24.0 Å². The summed E-state index contributed by atoms with van der Waals surface area (Å²) in [6.45, 7) is 5.71. The van der Waals surface area contributed by atoms with Crippen LogP contribution in [0.2, 0.25) is 5.02 Å². The van der Waals surface area contributed by atoms with Gasteiger partial charge in [0.1, 0.15) is 12.2 Å². The largest absolute Gasteiger partial charge is 0.385 e. The number of benzene rings is 1. The van der Waals surface area contributed by atoms with Crippen LogP contribution in [0, 0.1) is 0 Å². The van der Waals surface area contributed by atoms with Crippen LogP contribution in [0.15, 0.2) is 35.6 Å². The molecule has 2 aromatic rings. The van der Waals surface area contributed by atoms with Gasteiger partial charge in [0, 0.05) is 44.8 Å². The van der Waals surface area contributed by atoms with E-state index in [1.54, 1.807) is 13.4 Å². The van der Waals surface area contributed by atoms with Crippen molar-refractivity contribution in [3.8, 4) is 0 Å². The van der Waals surface area contributed by atoms with Crippen molar-refractivity contribution in [2.24, 2.45) is 4.99 Å². The van der Waals surface area contributed by atoms with Crippen molar-refractivity contribution in [2.45, 2.75) is 32.9 Å². The number of aromatic nitrogens is 3. The molecule has 150 valence electrons. The number of hydrogen-bond donors (Lipinski definition) is 2. The lowest BCUT2D eigenvalue weighted by Gasteiger charge is -2.13. The molecule has 9 heteroatoms. The Hall–Kier alpha value is -1.39. The molecule has 1 aromatic carbocycles. The van der Waals surface area contributed by atoms with Crippen LogP contribution in [-0.4, -0.2) is 47.5 Å². The lowest BCUT2D eigenvalue weighted by Crippen LogP contribution is -2.39. The van der Waals surface area contributed by atoms with Gasteiger partial charge in [-0.05, 0) is 24.1 Å². The molecule has 0 atom stereocenters. The van der Waals surface area contributed by atoms with Crippen LogP contribution in [0.3, 0.4) is 0 Å². The summed E-state index contributed by atoms with van der Waals surface area (Å²) in [5, 5.41) is 15.5. The predicted molar refractivity (Wildman–Crippen MR) is 120 cm³/mol. The Kier molecular flexibility index (Phi) is 12.0. The highest BCUT2D eigenvalue weighted by molar-refractivity contribution is 14.0. The van der Waals surface area contributed by atoms with Crippen molar-refractivity contribution >= 4 is 41.5 Å². The zero-order valence-corrected chi connectivity index (χ0v) is 18.9. The van der Waals surface area contributed by atoms with Crippen LogP contribution in [0.1, 0.15) is 24.7 Å². The average molecular weight is 507 g/mol. The molecular weight excluding hydrogens is 479 g/mol.